The molecule has 1 unspecified atom stereocenters. The van der Waals surface area contributed by atoms with Crippen molar-refractivity contribution in [2.45, 2.75) is 44.6 Å². The fourth-order valence-corrected chi connectivity index (χ4v) is 3.28. The molecule has 0 radical (unpaired) electrons. The monoisotopic (exact) mass is 372 g/mol. The molecule has 1 aliphatic carbocycles. The van der Waals surface area contributed by atoms with Crippen molar-refractivity contribution in [3.63, 3.8) is 0 Å². The minimum Gasteiger partial charge on any atom is -0.491 e. The second kappa shape index (κ2) is 11.3. The minimum absolute atomic E-state index is 0.0207. The second-order valence-electron chi connectivity index (χ2n) is 6.83. The summed E-state index contributed by atoms with van der Waals surface area (Å²) in [5, 5.41) is 18.7. The molecule has 5 nitrogen and oxygen atoms in total. The van der Waals surface area contributed by atoms with Gasteiger partial charge in [-0.1, -0.05) is 42.5 Å². The SMILES string of the molecule is O=C(O)CCC=CCC[C@@H]1C(=O)CC[C@@H]1/C=C/C(O)COc1ccccc1. The fourth-order valence-electron chi connectivity index (χ4n) is 3.28. The van der Waals surface area contributed by atoms with E-state index < -0.39 is 12.1 Å². The number of rotatable bonds is 11. The highest BCUT2D eigenvalue weighted by Gasteiger charge is 2.32. The molecule has 0 bridgehead atoms. The van der Waals surface area contributed by atoms with Crippen molar-refractivity contribution in [1.82, 2.24) is 0 Å². The number of allylic oxidation sites excluding steroid dienone is 3. The molecule has 1 aromatic carbocycles. The van der Waals surface area contributed by atoms with E-state index in [0.717, 1.165) is 19.3 Å². The number of carboxylic acid groups (broad SMARTS) is 1. The van der Waals surface area contributed by atoms with Gasteiger partial charge in [0.2, 0.25) is 0 Å². The second-order valence-corrected chi connectivity index (χ2v) is 6.83. The molecule has 3 atom stereocenters. The van der Waals surface area contributed by atoms with E-state index in [1.54, 1.807) is 6.08 Å². The zero-order valence-electron chi connectivity index (χ0n) is 15.5. The first-order valence-corrected chi connectivity index (χ1v) is 9.50. The van der Waals surface area contributed by atoms with Gasteiger partial charge in [-0.2, -0.15) is 0 Å². The number of para-hydroxylation sites is 1. The molecule has 27 heavy (non-hydrogen) atoms. The van der Waals surface area contributed by atoms with Gasteiger partial charge in [-0.3, -0.25) is 9.59 Å². The van der Waals surface area contributed by atoms with Crippen molar-refractivity contribution < 1.29 is 24.5 Å². The van der Waals surface area contributed by atoms with Gasteiger partial charge in [0.15, 0.2) is 0 Å². The number of carboxylic acids is 1. The average molecular weight is 372 g/mol. The van der Waals surface area contributed by atoms with E-state index in [1.807, 2.05) is 48.6 Å². The first-order chi connectivity index (χ1) is 13.1. The summed E-state index contributed by atoms with van der Waals surface area (Å²) in [5.74, 6) is 0.321. The molecule has 0 spiro atoms. The lowest BCUT2D eigenvalue weighted by atomic mass is 9.90. The number of aliphatic hydroxyl groups excluding tert-OH is 1. The van der Waals surface area contributed by atoms with Crippen LogP contribution >= 0.6 is 0 Å². The Hall–Kier alpha value is -2.40. The number of carbonyl (C=O) groups is 2. The van der Waals surface area contributed by atoms with Crippen LogP contribution in [-0.4, -0.2) is 34.7 Å². The molecule has 0 aliphatic heterocycles. The summed E-state index contributed by atoms with van der Waals surface area (Å²) in [6.45, 7) is 0.179. The van der Waals surface area contributed by atoms with E-state index in [0.29, 0.717) is 18.6 Å². The summed E-state index contributed by atoms with van der Waals surface area (Å²) in [6.07, 6.45) is 10.4. The van der Waals surface area contributed by atoms with Crippen LogP contribution in [0.5, 0.6) is 5.75 Å². The zero-order valence-corrected chi connectivity index (χ0v) is 15.5. The molecule has 0 saturated heterocycles. The zero-order chi connectivity index (χ0) is 19.5. The van der Waals surface area contributed by atoms with Crippen molar-refractivity contribution in [3.05, 3.63) is 54.6 Å². The van der Waals surface area contributed by atoms with Gasteiger partial charge in [-0.25, -0.2) is 0 Å². The predicted octanol–water partition coefficient (Wildman–Crippen LogP) is 3.78. The Bertz CT molecular complexity index is 650. The number of hydrogen-bond acceptors (Lipinski definition) is 4. The molecule has 1 fully saturated rings. The Balaban J connectivity index is 1.75. The van der Waals surface area contributed by atoms with Crippen LogP contribution in [0.25, 0.3) is 0 Å². The van der Waals surface area contributed by atoms with Gasteiger partial charge >= 0.3 is 5.97 Å². The maximum Gasteiger partial charge on any atom is 0.303 e. The molecule has 146 valence electrons. The minimum atomic E-state index is -0.800. The summed E-state index contributed by atoms with van der Waals surface area (Å²) < 4.78 is 5.53. The van der Waals surface area contributed by atoms with Crippen molar-refractivity contribution in [2.24, 2.45) is 11.8 Å². The van der Waals surface area contributed by atoms with Crippen molar-refractivity contribution in [3.8, 4) is 5.75 Å². The number of ether oxygens (including phenoxy) is 1. The molecule has 5 heteroatoms. The highest BCUT2D eigenvalue weighted by atomic mass is 16.5. The van der Waals surface area contributed by atoms with E-state index in [4.69, 9.17) is 9.84 Å². The van der Waals surface area contributed by atoms with Crippen LogP contribution in [0.3, 0.4) is 0 Å². The molecular formula is C22H28O5. The Morgan fingerprint density at radius 2 is 1.96 bits per heavy atom. The van der Waals surface area contributed by atoms with Crippen LogP contribution in [-0.2, 0) is 9.59 Å². The third-order valence-corrected chi connectivity index (χ3v) is 4.73. The number of aliphatic carboxylic acids is 1. The number of Topliss-reactive ketones (excluding diaryl/α,β-unsaturated/α-hetero) is 1. The lowest BCUT2D eigenvalue weighted by molar-refractivity contribution is -0.136. The molecule has 1 aliphatic rings. The highest BCUT2D eigenvalue weighted by Crippen LogP contribution is 2.33. The van der Waals surface area contributed by atoms with Gasteiger partial charge in [-0.05, 0) is 43.7 Å². The summed E-state index contributed by atoms with van der Waals surface area (Å²) in [4.78, 5) is 22.6. The van der Waals surface area contributed by atoms with E-state index in [2.05, 4.69) is 0 Å². The molecule has 0 aromatic heterocycles. The summed E-state index contributed by atoms with van der Waals surface area (Å²) >= 11 is 0. The molecule has 1 aromatic rings. The first kappa shape index (κ1) is 20.9. The van der Waals surface area contributed by atoms with Crippen molar-refractivity contribution >= 4 is 11.8 Å². The number of carbonyl (C=O) groups excluding carboxylic acids is 1. The van der Waals surface area contributed by atoms with Crippen molar-refractivity contribution in [1.29, 1.82) is 0 Å². The van der Waals surface area contributed by atoms with E-state index >= 15 is 0 Å². The predicted molar refractivity (Wildman–Crippen MR) is 104 cm³/mol. The third-order valence-electron chi connectivity index (χ3n) is 4.73. The summed E-state index contributed by atoms with van der Waals surface area (Å²) in [5.41, 5.74) is 0. The van der Waals surface area contributed by atoms with Gasteiger partial charge in [0.05, 0.1) is 0 Å². The van der Waals surface area contributed by atoms with Crippen LogP contribution in [0, 0.1) is 11.8 Å². The van der Waals surface area contributed by atoms with Crippen LogP contribution in [0.2, 0.25) is 0 Å². The topological polar surface area (TPSA) is 83.8 Å². The number of hydrogen-bond donors (Lipinski definition) is 2. The summed E-state index contributed by atoms with van der Waals surface area (Å²) in [6, 6.07) is 9.34. The molecule has 2 rings (SSSR count). The van der Waals surface area contributed by atoms with Gasteiger partial charge in [0.25, 0.3) is 0 Å². The number of benzene rings is 1. The molecule has 1 saturated carbocycles. The lowest BCUT2D eigenvalue weighted by Gasteiger charge is -2.15. The fraction of sp³-hybridized carbons (Fsp3) is 0.455. The average Bonchev–Trinajstić information content (AvgIpc) is 3.01. The number of aliphatic hydroxyl groups is 1. The quantitative estimate of drug-likeness (QED) is 0.578. The number of ketones is 1. The largest absolute Gasteiger partial charge is 0.491 e. The van der Waals surface area contributed by atoms with Gasteiger partial charge in [0, 0.05) is 18.8 Å². The highest BCUT2D eigenvalue weighted by molar-refractivity contribution is 5.83. The van der Waals surface area contributed by atoms with Crippen LogP contribution in [0.1, 0.15) is 38.5 Å². The smallest absolute Gasteiger partial charge is 0.303 e. The Morgan fingerprint density at radius 3 is 2.70 bits per heavy atom. The van der Waals surface area contributed by atoms with Crippen LogP contribution in [0.4, 0.5) is 0 Å². The molecular weight excluding hydrogens is 344 g/mol. The lowest BCUT2D eigenvalue weighted by Crippen LogP contribution is -2.17. The Kier molecular flexibility index (Phi) is 8.78. The summed E-state index contributed by atoms with van der Waals surface area (Å²) in [7, 11) is 0. The third kappa shape index (κ3) is 7.79. The Morgan fingerprint density at radius 1 is 1.22 bits per heavy atom. The molecule has 0 heterocycles. The van der Waals surface area contributed by atoms with Crippen molar-refractivity contribution in [2.75, 3.05) is 6.61 Å². The maximum atomic E-state index is 12.1. The van der Waals surface area contributed by atoms with Crippen LogP contribution in [0.15, 0.2) is 54.6 Å². The normalized spacial score (nSPS) is 21.1. The van der Waals surface area contributed by atoms with E-state index in [1.165, 1.54) is 0 Å². The van der Waals surface area contributed by atoms with Gasteiger partial charge in [-0.15, -0.1) is 0 Å². The van der Waals surface area contributed by atoms with Gasteiger partial charge < -0.3 is 14.9 Å². The van der Waals surface area contributed by atoms with Gasteiger partial charge in [0.1, 0.15) is 24.2 Å². The molecule has 0 amide bonds. The van der Waals surface area contributed by atoms with E-state index in [9.17, 15) is 14.7 Å². The van der Waals surface area contributed by atoms with Crippen LogP contribution < -0.4 is 4.74 Å². The first-order valence-electron chi connectivity index (χ1n) is 9.50. The standard InChI is InChI=1S/C22H28O5/c23-18(16-27-19-8-4-3-5-9-19)14-12-17-13-15-21(24)20(17)10-6-1-2-7-11-22(25)26/h1-5,8-9,12,14,17-18,20,23H,6-7,10-11,13,15-16H2,(H,25,26)/b2-1?,14-12+/t17-,18?,20-/m0/s1. The Labute approximate surface area is 160 Å². The maximum absolute atomic E-state index is 12.1. The van der Waals surface area contributed by atoms with E-state index in [-0.39, 0.29) is 30.6 Å². The molecule has 2 N–H and O–H groups in total.